The van der Waals surface area contributed by atoms with E-state index in [2.05, 4.69) is 9.97 Å². The summed E-state index contributed by atoms with van der Waals surface area (Å²) in [6.07, 6.45) is 5.32. The maximum Gasteiger partial charge on any atom is 0.274 e. The van der Waals surface area contributed by atoms with Crippen molar-refractivity contribution in [3.63, 3.8) is 0 Å². The minimum Gasteiger partial charge on any atom is -0.493 e. The minimum absolute atomic E-state index is 0.0688. The summed E-state index contributed by atoms with van der Waals surface area (Å²) in [5, 5.41) is 0. The molecule has 0 saturated heterocycles. The van der Waals surface area contributed by atoms with Crippen molar-refractivity contribution in [3.05, 3.63) is 93.0 Å². The van der Waals surface area contributed by atoms with Crippen LogP contribution < -0.4 is 19.6 Å². The van der Waals surface area contributed by atoms with Crippen LogP contribution in [-0.2, 0) is 6.61 Å². The van der Waals surface area contributed by atoms with E-state index in [1.54, 1.807) is 23.9 Å². The van der Waals surface area contributed by atoms with Crippen LogP contribution in [0.1, 0.15) is 11.1 Å². The molecule has 0 amide bonds. The average molecular weight is 415 g/mol. The highest BCUT2D eigenvalue weighted by Gasteiger charge is 2.11. The molecule has 7 heteroatoms. The van der Waals surface area contributed by atoms with Crippen molar-refractivity contribution in [1.82, 2.24) is 14.4 Å². The molecule has 2 aromatic carbocycles. The lowest BCUT2D eigenvalue weighted by molar-refractivity contribution is 0.284. The third-order valence-corrected chi connectivity index (χ3v) is 5.74. The van der Waals surface area contributed by atoms with Crippen molar-refractivity contribution in [1.29, 1.82) is 0 Å². The van der Waals surface area contributed by atoms with E-state index in [0.717, 1.165) is 22.2 Å². The number of benzene rings is 2. The van der Waals surface area contributed by atoms with Crippen LogP contribution in [0.25, 0.3) is 22.1 Å². The van der Waals surface area contributed by atoms with Crippen molar-refractivity contribution < 1.29 is 9.47 Å². The van der Waals surface area contributed by atoms with Gasteiger partial charge in [-0.05, 0) is 53.6 Å². The van der Waals surface area contributed by atoms with E-state index in [-0.39, 0.29) is 5.56 Å². The first-order chi connectivity index (χ1) is 14.7. The number of rotatable bonds is 5. The fourth-order valence-corrected chi connectivity index (χ4v) is 4.28. The van der Waals surface area contributed by atoms with Gasteiger partial charge < -0.3 is 9.47 Å². The van der Waals surface area contributed by atoms with Crippen LogP contribution in [0.4, 0.5) is 0 Å². The van der Waals surface area contributed by atoms with E-state index in [0.29, 0.717) is 27.6 Å². The molecule has 5 rings (SSSR count). The Bertz CT molecular complexity index is 1460. The highest BCUT2D eigenvalue weighted by atomic mass is 32.1. The lowest BCUT2D eigenvalue weighted by Gasteiger charge is -2.11. The number of hydrogen-bond donors (Lipinski definition) is 0. The number of aromatic nitrogens is 3. The van der Waals surface area contributed by atoms with Crippen molar-refractivity contribution in [3.8, 4) is 11.5 Å². The van der Waals surface area contributed by atoms with Crippen LogP contribution in [0.15, 0.2) is 71.8 Å². The molecule has 0 N–H and O–H groups in total. The van der Waals surface area contributed by atoms with Crippen LogP contribution in [-0.4, -0.2) is 21.5 Å². The Balaban J connectivity index is 1.49. The quantitative estimate of drug-likeness (QED) is 0.440. The summed E-state index contributed by atoms with van der Waals surface area (Å²) in [5.74, 6) is 1.25. The second-order valence-electron chi connectivity index (χ2n) is 6.69. The Kier molecular flexibility index (Phi) is 4.65. The molecule has 0 unspecified atom stereocenters. The molecule has 0 fully saturated rings. The van der Waals surface area contributed by atoms with Gasteiger partial charge in [0, 0.05) is 12.4 Å². The summed E-state index contributed by atoms with van der Waals surface area (Å²) in [6.45, 7) is 0.418. The van der Waals surface area contributed by atoms with Crippen LogP contribution in [0.5, 0.6) is 11.5 Å². The summed E-state index contributed by atoms with van der Waals surface area (Å²) in [5.41, 5.74) is 3.46. The molecule has 30 heavy (non-hydrogen) atoms. The molecule has 5 aromatic rings. The third-order valence-electron chi connectivity index (χ3n) is 4.77. The number of pyridine rings is 1. The van der Waals surface area contributed by atoms with E-state index >= 15 is 0 Å². The molecule has 0 radical (unpaired) electrons. The smallest absolute Gasteiger partial charge is 0.274 e. The summed E-state index contributed by atoms with van der Waals surface area (Å²) < 4.78 is 13.7. The molecule has 0 aliphatic heterocycles. The molecule has 0 aliphatic rings. The molecule has 3 heterocycles. The van der Waals surface area contributed by atoms with E-state index in [9.17, 15) is 4.79 Å². The Morgan fingerprint density at radius 1 is 1.07 bits per heavy atom. The molecule has 148 valence electrons. The van der Waals surface area contributed by atoms with Gasteiger partial charge in [0.15, 0.2) is 16.5 Å². The van der Waals surface area contributed by atoms with Gasteiger partial charge in [0.05, 0.1) is 22.7 Å². The summed E-state index contributed by atoms with van der Waals surface area (Å²) in [6, 6.07) is 17.1. The predicted molar refractivity (Wildman–Crippen MR) is 117 cm³/mol. The summed E-state index contributed by atoms with van der Waals surface area (Å²) >= 11 is 1.38. The second-order valence-corrected chi connectivity index (χ2v) is 7.70. The van der Waals surface area contributed by atoms with E-state index in [1.165, 1.54) is 11.3 Å². The van der Waals surface area contributed by atoms with Crippen molar-refractivity contribution in [2.45, 2.75) is 6.61 Å². The van der Waals surface area contributed by atoms with Crippen LogP contribution >= 0.6 is 11.3 Å². The zero-order valence-corrected chi connectivity index (χ0v) is 16.9. The predicted octanol–water partition coefficient (Wildman–Crippen LogP) is 3.44. The van der Waals surface area contributed by atoms with Crippen molar-refractivity contribution >= 4 is 33.4 Å². The van der Waals surface area contributed by atoms with E-state index in [1.807, 2.05) is 60.7 Å². The number of ether oxygens (including phenoxy) is 2. The molecule has 0 atom stereocenters. The first kappa shape index (κ1) is 18.3. The highest BCUT2D eigenvalue weighted by molar-refractivity contribution is 7.15. The topological polar surface area (TPSA) is 65.7 Å². The third kappa shape index (κ3) is 3.29. The fraction of sp³-hybridized carbons (Fsp3) is 0.0870. The molecule has 3 aromatic heterocycles. The summed E-state index contributed by atoms with van der Waals surface area (Å²) in [4.78, 5) is 22.2. The maximum atomic E-state index is 12.9. The molecule has 0 bridgehead atoms. The first-order valence-corrected chi connectivity index (χ1v) is 10.2. The number of fused-ring (bicyclic) bond motifs is 3. The molecule has 0 saturated carbocycles. The zero-order chi connectivity index (χ0) is 20.5. The van der Waals surface area contributed by atoms with Crippen molar-refractivity contribution in [2.75, 3.05) is 7.11 Å². The fourth-order valence-electron chi connectivity index (χ4n) is 3.30. The second kappa shape index (κ2) is 7.61. The first-order valence-electron chi connectivity index (χ1n) is 9.34. The normalized spacial score (nSPS) is 12.0. The number of methoxy groups -OCH3 is 1. The van der Waals surface area contributed by atoms with Gasteiger partial charge in [-0.2, -0.15) is 0 Å². The largest absolute Gasteiger partial charge is 0.493 e. The lowest BCUT2D eigenvalue weighted by atomic mass is 10.2. The molecular weight excluding hydrogens is 398 g/mol. The number of thiazole rings is 1. The molecule has 0 spiro atoms. The van der Waals surface area contributed by atoms with Crippen LogP contribution in [0.3, 0.4) is 0 Å². The number of hydrogen-bond acceptors (Lipinski definition) is 6. The van der Waals surface area contributed by atoms with Crippen LogP contribution in [0, 0.1) is 0 Å². The van der Waals surface area contributed by atoms with Crippen LogP contribution in [0.2, 0.25) is 0 Å². The van der Waals surface area contributed by atoms with Gasteiger partial charge in [0.1, 0.15) is 6.61 Å². The molecular formula is C23H17N3O3S. The van der Waals surface area contributed by atoms with Gasteiger partial charge in [0.25, 0.3) is 5.56 Å². The monoisotopic (exact) mass is 415 g/mol. The standard InChI is InChI=1S/C23H17N3O3S/c1-28-20-12-16(6-7-19(20)29-14-15-8-10-24-11-9-15)13-21-22(27)26-18-5-3-2-4-17(18)25-23(26)30-21/h2-13H,14H2,1H3. The Labute approximate surface area is 175 Å². The minimum atomic E-state index is -0.0688. The van der Waals surface area contributed by atoms with Gasteiger partial charge in [-0.3, -0.25) is 9.78 Å². The van der Waals surface area contributed by atoms with Gasteiger partial charge in [-0.25, -0.2) is 9.38 Å². The molecule has 0 aliphatic carbocycles. The van der Waals surface area contributed by atoms with Gasteiger partial charge in [0.2, 0.25) is 0 Å². The zero-order valence-electron chi connectivity index (χ0n) is 16.1. The van der Waals surface area contributed by atoms with Gasteiger partial charge >= 0.3 is 0 Å². The average Bonchev–Trinajstić information content (AvgIpc) is 3.29. The number of nitrogens with zero attached hydrogens (tertiary/aromatic N) is 3. The van der Waals surface area contributed by atoms with Crippen molar-refractivity contribution in [2.24, 2.45) is 0 Å². The van der Waals surface area contributed by atoms with Gasteiger partial charge in [-0.1, -0.05) is 29.5 Å². The highest BCUT2D eigenvalue weighted by Crippen LogP contribution is 2.29. The number of para-hydroxylation sites is 2. The lowest BCUT2D eigenvalue weighted by Crippen LogP contribution is -2.22. The van der Waals surface area contributed by atoms with Gasteiger partial charge in [-0.15, -0.1) is 0 Å². The van der Waals surface area contributed by atoms with E-state index < -0.39 is 0 Å². The SMILES string of the molecule is COc1cc(C=c2sc3nc4ccccc4n3c2=O)ccc1OCc1ccncc1. The molecule has 6 nitrogen and oxygen atoms in total. The van der Waals surface area contributed by atoms with E-state index in [4.69, 9.17) is 9.47 Å². The summed E-state index contributed by atoms with van der Waals surface area (Å²) in [7, 11) is 1.60. The Morgan fingerprint density at radius 3 is 2.73 bits per heavy atom. The Hall–Kier alpha value is -3.71. The number of imidazole rings is 1. The Morgan fingerprint density at radius 2 is 1.90 bits per heavy atom. The maximum absolute atomic E-state index is 12.9.